The Morgan fingerprint density at radius 1 is 1.29 bits per heavy atom. The van der Waals surface area contributed by atoms with Crippen LogP contribution in [-0.2, 0) is 9.53 Å². The summed E-state index contributed by atoms with van der Waals surface area (Å²) >= 11 is 0. The van der Waals surface area contributed by atoms with Gasteiger partial charge in [0.15, 0.2) is 0 Å². The molecule has 2 heterocycles. The SMILES string of the molecule is CC1CCCN(C(=O)[C@H]2NCCO[C@@H]2C)CC1. The molecule has 2 aliphatic rings. The molecule has 0 aromatic rings. The van der Waals surface area contributed by atoms with E-state index in [2.05, 4.69) is 12.2 Å². The predicted octanol–water partition coefficient (Wildman–Crippen LogP) is 1.01. The van der Waals surface area contributed by atoms with Crippen molar-refractivity contribution in [3.8, 4) is 0 Å². The Labute approximate surface area is 104 Å². The average molecular weight is 240 g/mol. The monoisotopic (exact) mass is 240 g/mol. The van der Waals surface area contributed by atoms with E-state index in [9.17, 15) is 4.79 Å². The number of hydrogen-bond acceptors (Lipinski definition) is 3. The minimum Gasteiger partial charge on any atom is -0.375 e. The van der Waals surface area contributed by atoms with Crippen molar-refractivity contribution in [1.29, 1.82) is 0 Å². The third kappa shape index (κ3) is 3.19. The molecule has 0 radical (unpaired) electrons. The first kappa shape index (κ1) is 12.8. The quantitative estimate of drug-likeness (QED) is 0.744. The van der Waals surface area contributed by atoms with Crippen LogP contribution >= 0.6 is 0 Å². The lowest BCUT2D eigenvalue weighted by Crippen LogP contribution is -2.56. The summed E-state index contributed by atoms with van der Waals surface area (Å²) in [5.74, 6) is 0.979. The van der Waals surface area contributed by atoms with Crippen molar-refractivity contribution in [2.75, 3.05) is 26.2 Å². The molecule has 0 spiro atoms. The molecular weight excluding hydrogens is 216 g/mol. The Balaban J connectivity index is 1.93. The smallest absolute Gasteiger partial charge is 0.242 e. The normalized spacial score (nSPS) is 35.4. The number of rotatable bonds is 1. The lowest BCUT2D eigenvalue weighted by molar-refractivity contribution is -0.139. The Hall–Kier alpha value is -0.610. The topological polar surface area (TPSA) is 41.6 Å². The first-order valence-corrected chi connectivity index (χ1v) is 6.82. The molecule has 4 nitrogen and oxygen atoms in total. The van der Waals surface area contributed by atoms with Crippen LogP contribution in [0.25, 0.3) is 0 Å². The van der Waals surface area contributed by atoms with E-state index in [0.717, 1.165) is 38.4 Å². The lowest BCUT2D eigenvalue weighted by Gasteiger charge is -2.33. The molecule has 2 saturated heterocycles. The summed E-state index contributed by atoms with van der Waals surface area (Å²) in [6.45, 7) is 7.57. The maximum absolute atomic E-state index is 12.4. The zero-order chi connectivity index (χ0) is 12.3. The van der Waals surface area contributed by atoms with Crippen LogP contribution in [0.2, 0.25) is 0 Å². The number of morpholine rings is 1. The zero-order valence-electron chi connectivity index (χ0n) is 10.9. The minimum absolute atomic E-state index is 0.00285. The van der Waals surface area contributed by atoms with Crippen molar-refractivity contribution in [3.63, 3.8) is 0 Å². The lowest BCUT2D eigenvalue weighted by atomic mass is 10.0. The third-order valence-corrected chi connectivity index (χ3v) is 3.91. The summed E-state index contributed by atoms with van der Waals surface area (Å²) in [4.78, 5) is 14.4. The van der Waals surface area contributed by atoms with E-state index in [0.29, 0.717) is 6.61 Å². The number of carbonyl (C=O) groups is 1. The van der Waals surface area contributed by atoms with Crippen molar-refractivity contribution in [3.05, 3.63) is 0 Å². The van der Waals surface area contributed by atoms with Gasteiger partial charge in [-0.15, -0.1) is 0 Å². The van der Waals surface area contributed by atoms with Crippen molar-refractivity contribution in [2.24, 2.45) is 5.92 Å². The Kier molecular flexibility index (Phi) is 4.40. The molecule has 1 unspecified atom stereocenters. The summed E-state index contributed by atoms with van der Waals surface area (Å²) in [5, 5.41) is 3.28. The van der Waals surface area contributed by atoms with Gasteiger partial charge in [0.2, 0.25) is 5.91 Å². The number of hydrogen-bond donors (Lipinski definition) is 1. The Bertz CT molecular complexity index is 270. The predicted molar refractivity (Wildman–Crippen MR) is 66.8 cm³/mol. The number of carbonyl (C=O) groups excluding carboxylic acids is 1. The van der Waals surface area contributed by atoms with Gasteiger partial charge in [-0.2, -0.15) is 0 Å². The highest BCUT2D eigenvalue weighted by Gasteiger charge is 2.32. The summed E-state index contributed by atoms with van der Waals surface area (Å²) < 4.78 is 5.54. The molecule has 0 aliphatic carbocycles. The van der Waals surface area contributed by atoms with E-state index in [4.69, 9.17) is 4.74 Å². The van der Waals surface area contributed by atoms with Crippen LogP contribution < -0.4 is 5.32 Å². The van der Waals surface area contributed by atoms with Gasteiger partial charge in [-0.3, -0.25) is 4.79 Å². The highest BCUT2D eigenvalue weighted by molar-refractivity contribution is 5.82. The number of likely N-dealkylation sites (tertiary alicyclic amines) is 1. The zero-order valence-corrected chi connectivity index (χ0v) is 10.9. The van der Waals surface area contributed by atoms with Gasteiger partial charge in [0.25, 0.3) is 0 Å². The molecule has 2 rings (SSSR count). The highest BCUT2D eigenvalue weighted by atomic mass is 16.5. The molecule has 1 N–H and O–H groups in total. The number of nitrogens with one attached hydrogen (secondary N) is 1. The highest BCUT2D eigenvalue weighted by Crippen LogP contribution is 2.18. The van der Waals surface area contributed by atoms with Crippen molar-refractivity contribution in [2.45, 2.75) is 45.3 Å². The van der Waals surface area contributed by atoms with E-state index in [1.165, 1.54) is 6.42 Å². The van der Waals surface area contributed by atoms with E-state index < -0.39 is 0 Å². The standard InChI is InChI=1S/C13H24N2O2/c1-10-4-3-7-15(8-5-10)13(16)12-11(2)17-9-6-14-12/h10-12,14H,3-9H2,1-2H3/t10?,11-,12+/m1/s1. The van der Waals surface area contributed by atoms with E-state index in [1.54, 1.807) is 0 Å². The number of amides is 1. The fourth-order valence-corrected chi connectivity index (χ4v) is 2.69. The fourth-order valence-electron chi connectivity index (χ4n) is 2.69. The van der Waals surface area contributed by atoms with E-state index in [-0.39, 0.29) is 18.1 Å². The van der Waals surface area contributed by atoms with E-state index >= 15 is 0 Å². The summed E-state index contributed by atoms with van der Waals surface area (Å²) in [6.07, 6.45) is 3.51. The number of ether oxygens (including phenoxy) is 1. The second kappa shape index (κ2) is 5.83. The average Bonchev–Trinajstić information content (AvgIpc) is 2.54. The fraction of sp³-hybridized carbons (Fsp3) is 0.923. The summed E-state index contributed by atoms with van der Waals surface area (Å²) in [7, 11) is 0. The minimum atomic E-state index is -0.142. The molecule has 0 aromatic heterocycles. The Morgan fingerprint density at radius 2 is 2.12 bits per heavy atom. The summed E-state index contributed by atoms with van der Waals surface area (Å²) in [5.41, 5.74) is 0. The van der Waals surface area contributed by atoms with Gasteiger partial charge in [-0.05, 0) is 32.1 Å². The first-order valence-electron chi connectivity index (χ1n) is 6.82. The molecule has 3 atom stereocenters. The maximum atomic E-state index is 12.4. The molecule has 1 amide bonds. The first-order chi connectivity index (χ1) is 8.18. The van der Waals surface area contributed by atoms with Crippen LogP contribution in [0.5, 0.6) is 0 Å². The van der Waals surface area contributed by atoms with Gasteiger partial charge < -0.3 is 15.0 Å². The van der Waals surface area contributed by atoms with Gasteiger partial charge in [-0.25, -0.2) is 0 Å². The van der Waals surface area contributed by atoms with Crippen LogP contribution in [0.4, 0.5) is 0 Å². The summed E-state index contributed by atoms with van der Waals surface area (Å²) in [6, 6.07) is -0.142. The van der Waals surface area contributed by atoms with Crippen LogP contribution in [0, 0.1) is 5.92 Å². The molecule has 0 bridgehead atoms. The van der Waals surface area contributed by atoms with Crippen molar-refractivity contribution in [1.82, 2.24) is 10.2 Å². The third-order valence-electron chi connectivity index (χ3n) is 3.91. The van der Waals surface area contributed by atoms with Gasteiger partial charge >= 0.3 is 0 Å². The molecule has 98 valence electrons. The van der Waals surface area contributed by atoms with Crippen LogP contribution in [-0.4, -0.2) is 49.2 Å². The van der Waals surface area contributed by atoms with Crippen LogP contribution in [0.1, 0.15) is 33.1 Å². The molecule has 2 fully saturated rings. The van der Waals surface area contributed by atoms with Crippen LogP contribution in [0.3, 0.4) is 0 Å². The second-order valence-electron chi connectivity index (χ2n) is 5.37. The van der Waals surface area contributed by atoms with Crippen molar-refractivity contribution < 1.29 is 9.53 Å². The maximum Gasteiger partial charge on any atom is 0.242 e. The van der Waals surface area contributed by atoms with Gasteiger partial charge in [0, 0.05) is 19.6 Å². The Morgan fingerprint density at radius 3 is 2.88 bits per heavy atom. The molecule has 0 aromatic carbocycles. The number of nitrogens with zero attached hydrogens (tertiary/aromatic N) is 1. The molecular formula is C13H24N2O2. The van der Waals surface area contributed by atoms with Crippen molar-refractivity contribution >= 4 is 5.91 Å². The van der Waals surface area contributed by atoms with Gasteiger partial charge in [-0.1, -0.05) is 6.92 Å². The molecule has 0 saturated carbocycles. The molecule has 2 aliphatic heterocycles. The second-order valence-corrected chi connectivity index (χ2v) is 5.37. The van der Waals surface area contributed by atoms with Crippen LogP contribution in [0.15, 0.2) is 0 Å². The molecule has 4 heteroatoms. The van der Waals surface area contributed by atoms with Gasteiger partial charge in [0.05, 0.1) is 12.7 Å². The van der Waals surface area contributed by atoms with Gasteiger partial charge in [0.1, 0.15) is 6.04 Å². The van der Waals surface area contributed by atoms with E-state index in [1.807, 2.05) is 11.8 Å². The molecule has 17 heavy (non-hydrogen) atoms. The largest absolute Gasteiger partial charge is 0.375 e.